The van der Waals surface area contributed by atoms with E-state index < -0.39 is 6.04 Å². The van der Waals surface area contributed by atoms with Crippen molar-refractivity contribution in [2.75, 3.05) is 16.9 Å². The maximum atomic E-state index is 12.8. The van der Waals surface area contributed by atoms with Gasteiger partial charge in [0.25, 0.3) is 0 Å². The van der Waals surface area contributed by atoms with Crippen molar-refractivity contribution in [2.45, 2.75) is 52.0 Å². The molecule has 2 N–H and O–H groups in total. The number of H-pyrrole nitrogens is 1. The van der Waals surface area contributed by atoms with E-state index in [0.717, 1.165) is 11.4 Å². The summed E-state index contributed by atoms with van der Waals surface area (Å²) in [6.07, 6.45) is 2.79. The van der Waals surface area contributed by atoms with Gasteiger partial charge < -0.3 is 10.2 Å². The highest BCUT2D eigenvalue weighted by molar-refractivity contribution is 7.99. The minimum Gasteiger partial charge on any atom is -0.324 e. The van der Waals surface area contributed by atoms with Crippen molar-refractivity contribution in [1.29, 1.82) is 0 Å². The lowest BCUT2D eigenvalue weighted by Gasteiger charge is -2.26. The molecule has 1 atom stereocenters. The van der Waals surface area contributed by atoms with Gasteiger partial charge in [-0.05, 0) is 42.5 Å². The molecule has 2 aliphatic rings. The summed E-state index contributed by atoms with van der Waals surface area (Å²) in [4.78, 5) is 31.6. The van der Waals surface area contributed by atoms with E-state index in [-0.39, 0.29) is 17.2 Å². The van der Waals surface area contributed by atoms with Crippen molar-refractivity contribution < 1.29 is 9.59 Å². The van der Waals surface area contributed by atoms with Gasteiger partial charge in [-0.3, -0.25) is 14.7 Å². The van der Waals surface area contributed by atoms with Crippen molar-refractivity contribution in [3.8, 4) is 11.4 Å². The summed E-state index contributed by atoms with van der Waals surface area (Å²) >= 11 is 1.62. The molecule has 2 aromatic rings. The number of hydrogen-bond donors (Lipinski definition) is 2. The highest BCUT2D eigenvalue weighted by atomic mass is 32.2. The second kappa shape index (κ2) is 7.82. The molecule has 2 heterocycles. The third-order valence-corrected chi connectivity index (χ3v) is 6.08. The molecule has 0 spiro atoms. The largest absolute Gasteiger partial charge is 0.324 e. The van der Waals surface area contributed by atoms with Crippen molar-refractivity contribution in [3.05, 3.63) is 30.1 Å². The van der Waals surface area contributed by atoms with E-state index in [9.17, 15) is 9.59 Å². The van der Waals surface area contributed by atoms with Crippen LogP contribution in [0.4, 0.5) is 5.69 Å². The van der Waals surface area contributed by atoms with Crippen molar-refractivity contribution in [1.82, 2.24) is 20.1 Å². The molecule has 29 heavy (non-hydrogen) atoms. The SMILES string of the molecule is CC(C)(C)CC(=O)N1CSCC1C(=O)Nc1ccc(-c2n[nH]c(C3CC3)n2)cc1. The Labute approximate surface area is 175 Å². The topological polar surface area (TPSA) is 91.0 Å². The van der Waals surface area contributed by atoms with Crippen LogP contribution in [0.2, 0.25) is 0 Å². The fraction of sp³-hybridized carbons (Fsp3) is 0.524. The Morgan fingerprint density at radius 1 is 1.24 bits per heavy atom. The molecule has 7 nitrogen and oxygen atoms in total. The first-order valence-corrected chi connectivity index (χ1v) is 11.2. The molecule has 1 aliphatic carbocycles. The van der Waals surface area contributed by atoms with Gasteiger partial charge in [0.1, 0.15) is 11.9 Å². The fourth-order valence-electron chi connectivity index (χ4n) is 3.33. The Bertz CT molecular complexity index is 899. The van der Waals surface area contributed by atoms with Crippen LogP contribution in [0.25, 0.3) is 11.4 Å². The number of anilines is 1. The summed E-state index contributed by atoms with van der Waals surface area (Å²) in [5.74, 6) is 3.25. The van der Waals surface area contributed by atoms with Gasteiger partial charge in [0.2, 0.25) is 11.8 Å². The lowest BCUT2D eigenvalue weighted by Crippen LogP contribution is -2.45. The Kier molecular flexibility index (Phi) is 5.38. The zero-order valence-electron chi connectivity index (χ0n) is 17.1. The molecule has 2 amide bonds. The second-order valence-corrected chi connectivity index (χ2v) is 10.0. The van der Waals surface area contributed by atoms with Gasteiger partial charge in [-0.15, -0.1) is 11.8 Å². The number of rotatable bonds is 5. The van der Waals surface area contributed by atoms with E-state index in [4.69, 9.17) is 0 Å². The van der Waals surface area contributed by atoms with Crippen LogP contribution in [-0.4, -0.2) is 49.6 Å². The normalized spacial score (nSPS) is 19.4. The van der Waals surface area contributed by atoms with E-state index in [1.807, 2.05) is 45.0 Å². The highest BCUT2D eigenvalue weighted by Gasteiger charge is 2.35. The average Bonchev–Trinajstić information content (AvgIpc) is 3.19. The van der Waals surface area contributed by atoms with Gasteiger partial charge in [0, 0.05) is 29.3 Å². The summed E-state index contributed by atoms with van der Waals surface area (Å²) in [5, 5.41) is 10.2. The summed E-state index contributed by atoms with van der Waals surface area (Å²) in [6, 6.07) is 7.08. The molecule has 8 heteroatoms. The van der Waals surface area contributed by atoms with Crippen molar-refractivity contribution in [2.24, 2.45) is 5.41 Å². The molecule has 0 radical (unpaired) electrons. The number of aromatic amines is 1. The minimum atomic E-state index is -0.427. The predicted octanol–water partition coefficient (Wildman–Crippen LogP) is 3.63. The molecule has 2 fully saturated rings. The number of hydrogen-bond acceptors (Lipinski definition) is 5. The number of benzene rings is 1. The Balaban J connectivity index is 1.39. The van der Waals surface area contributed by atoms with E-state index in [0.29, 0.717) is 35.5 Å². The quantitative estimate of drug-likeness (QED) is 0.781. The molecule has 0 bridgehead atoms. The van der Waals surface area contributed by atoms with Crippen molar-refractivity contribution >= 4 is 29.3 Å². The van der Waals surface area contributed by atoms with Crippen LogP contribution in [0.3, 0.4) is 0 Å². The molecular formula is C21H27N5O2S. The number of amides is 2. The highest BCUT2D eigenvalue weighted by Crippen LogP contribution is 2.38. The smallest absolute Gasteiger partial charge is 0.248 e. The van der Waals surface area contributed by atoms with Gasteiger partial charge in [-0.2, -0.15) is 5.10 Å². The van der Waals surface area contributed by atoms with E-state index in [2.05, 4.69) is 20.5 Å². The van der Waals surface area contributed by atoms with Gasteiger partial charge >= 0.3 is 0 Å². The zero-order chi connectivity index (χ0) is 20.6. The van der Waals surface area contributed by atoms with Crippen molar-refractivity contribution in [3.63, 3.8) is 0 Å². The molecule has 1 saturated heterocycles. The molecular weight excluding hydrogens is 386 g/mol. The number of carbonyl (C=O) groups excluding carboxylic acids is 2. The average molecular weight is 414 g/mol. The van der Waals surface area contributed by atoms with Gasteiger partial charge in [-0.1, -0.05) is 20.8 Å². The fourth-order valence-corrected chi connectivity index (χ4v) is 4.51. The zero-order valence-corrected chi connectivity index (χ0v) is 17.9. The molecule has 1 aliphatic heterocycles. The molecule has 154 valence electrons. The monoisotopic (exact) mass is 413 g/mol. The third kappa shape index (κ3) is 4.80. The lowest BCUT2D eigenvalue weighted by molar-refractivity contribution is -0.137. The summed E-state index contributed by atoms with van der Waals surface area (Å²) in [6.45, 7) is 6.10. The number of nitrogens with one attached hydrogen (secondary N) is 2. The van der Waals surface area contributed by atoms with Gasteiger partial charge in [-0.25, -0.2) is 4.98 Å². The predicted molar refractivity (Wildman–Crippen MR) is 114 cm³/mol. The van der Waals surface area contributed by atoms with Crippen LogP contribution in [0.1, 0.15) is 51.8 Å². The second-order valence-electron chi connectivity index (χ2n) is 9.00. The van der Waals surface area contributed by atoms with Crippen LogP contribution in [-0.2, 0) is 9.59 Å². The van der Waals surface area contributed by atoms with Crippen LogP contribution in [0, 0.1) is 5.41 Å². The summed E-state index contributed by atoms with van der Waals surface area (Å²) in [5.41, 5.74) is 1.52. The van der Waals surface area contributed by atoms with E-state index in [1.165, 1.54) is 12.8 Å². The van der Waals surface area contributed by atoms with E-state index >= 15 is 0 Å². The first kappa shape index (κ1) is 19.9. The molecule has 1 aromatic heterocycles. The first-order valence-electron chi connectivity index (χ1n) is 10.0. The Hall–Kier alpha value is -2.35. The van der Waals surface area contributed by atoms with E-state index in [1.54, 1.807) is 16.7 Å². The van der Waals surface area contributed by atoms with Crippen LogP contribution in [0.5, 0.6) is 0 Å². The van der Waals surface area contributed by atoms with Crippen LogP contribution < -0.4 is 5.32 Å². The molecule has 4 rings (SSSR count). The Morgan fingerprint density at radius 2 is 1.97 bits per heavy atom. The first-order chi connectivity index (χ1) is 13.8. The Morgan fingerprint density at radius 3 is 2.62 bits per heavy atom. The molecule has 1 aromatic carbocycles. The maximum Gasteiger partial charge on any atom is 0.248 e. The lowest BCUT2D eigenvalue weighted by atomic mass is 9.91. The maximum absolute atomic E-state index is 12.8. The van der Waals surface area contributed by atoms with Crippen LogP contribution in [0.15, 0.2) is 24.3 Å². The minimum absolute atomic E-state index is 0.0362. The number of aromatic nitrogens is 3. The van der Waals surface area contributed by atoms with Crippen LogP contribution >= 0.6 is 11.8 Å². The standard InChI is InChI=1S/C21H27N5O2S/c1-21(2,3)10-17(27)26-12-29-11-16(26)20(28)22-15-8-6-14(7-9-15)19-23-18(24-25-19)13-4-5-13/h6-9,13,16H,4-5,10-12H2,1-3H3,(H,22,28)(H,23,24,25). The molecule has 1 saturated carbocycles. The third-order valence-electron chi connectivity index (χ3n) is 5.06. The summed E-state index contributed by atoms with van der Waals surface area (Å²) < 4.78 is 0. The molecule has 1 unspecified atom stereocenters. The number of nitrogens with zero attached hydrogens (tertiary/aromatic N) is 3. The number of thioether (sulfide) groups is 1. The van der Waals surface area contributed by atoms with Gasteiger partial charge in [0.15, 0.2) is 5.82 Å². The summed E-state index contributed by atoms with van der Waals surface area (Å²) in [7, 11) is 0. The number of carbonyl (C=O) groups is 2. The van der Waals surface area contributed by atoms with Gasteiger partial charge in [0.05, 0.1) is 5.88 Å².